The van der Waals surface area contributed by atoms with Gasteiger partial charge in [-0.25, -0.2) is 0 Å². The molecule has 1 nitrogen and oxygen atoms in total. The van der Waals surface area contributed by atoms with E-state index >= 15 is 0 Å². The number of hydrogen-bond donors (Lipinski definition) is 0. The zero-order valence-corrected chi connectivity index (χ0v) is 9.44. The van der Waals surface area contributed by atoms with Gasteiger partial charge < -0.3 is 0 Å². The molecule has 14 heavy (non-hydrogen) atoms. The monoisotopic (exact) mass is 227 g/mol. The normalized spacial score (nSPS) is 12.1. The van der Waals surface area contributed by atoms with E-state index in [4.69, 9.17) is 28.5 Å². The lowest BCUT2D eigenvalue weighted by molar-refractivity contribution is 0.855. The second kappa shape index (κ2) is 5.24. The van der Waals surface area contributed by atoms with Crippen LogP contribution in [0.1, 0.15) is 17.5 Å². The molecule has 0 aliphatic heterocycles. The molecule has 1 aromatic carbocycles. The molecular formula is C11H11Cl2N. The van der Waals surface area contributed by atoms with E-state index in [1.54, 1.807) is 0 Å². The molecule has 1 unspecified atom stereocenters. The summed E-state index contributed by atoms with van der Waals surface area (Å²) >= 11 is 11.8. The topological polar surface area (TPSA) is 23.8 Å². The van der Waals surface area contributed by atoms with Crippen molar-refractivity contribution in [3.05, 3.63) is 34.3 Å². The summed E-state index contributed by atoms with van der Waals surface area (Å²) in [5.41, 5.74) is 2.28. The van der Waals surface area contributed by atoms with Gasteiger partial charge >= 0.3 is 0 Å². The van der Waals surface area contributed by atoms with Gasteiger partial charge in [0.2, 0.25) is 0 Å². The van der Waals surface area contributed by atoms with Crippen LogP contribution in [0.15, 0.2) is 18.2 Å². The molecule has 1 aromatic rings. The molecule has 74 valence electrons. The van der Waals surface area contributed by atoms with Crippen LogP contribution >= 0.6 is 23.2 Å². The molecule has 0 aliphatic rings. The fraction of sp³-hybridized carbons (Fsp3) is 0.364. The van der Waals surface area contributed by atoms with E-state index in [1.165, 1.54) is 0 Å². The Labute approximate surface area is 94.3 Å². The summed E-state index contributed by atoms with van der Waals surface area (Å²) in [6.45, 7) is 2.02. The Bertz CT molecular complexity index is 355. The first-order valence-electron chi connectivity index (χ1n) is 4.39. The van der Waals surface area contributed by atoms with E-state index in [1.807, 2.05) is 25.1 Å². The Morgan fingerprint density at radius 2 is 2.21 bits per heavy atom. The number of alkyl halides is 1. The molecule has 1 rings (SSSR count). The predicted molar refractivity (Wildman–Crippen MR) is 59.8 cm³/mol. The van der Waals surface area contributed by atoms with Crippen LogP contribution in [0.2, 0.25) is 5.02 Å². The molecule has 0 heterocycles. The lowest BCUT2D eigenvalue weighted by atomic mass is 10.0. The lowest BCUT2D eigenvalue weighted by Gasteiger charge is -2.08. The number of hydrogen-bond acceptors (Lipinski definition) is 1. The summed E-state index contributed by atoms with van der Waals surface area (Å²) in [6.07, 6.45) is 1.06. The Kier molecular flexibility index (Phi) is 4.25. The molecule has 0 radical (unpaired) electrons. The van der Waals surface area contributed by atoms with Crippen molar-refractivity contribution < 1.29 is 0 Å². The largest absolute Gasteiger partial charge is 0.198 e. The molecule has 0 aliphatic carbocycles. The van der Waals surface area contributed by atoms with Crippen LogP contribution in [-0.4, -0.2) is 5.38 Å². The second-order valence-corrected chi connectivity index (χ2v) is 4.29. The molecule has 3 heteroatoms. The van der Waals surface area contributed by atoms with Crippen molar-refractivity contribution >= 4 is 23.2 Å². The van der Waals surface area contributed by atoms with Crippen LogP contribution in [0, 0.1) is 18.3 Å². The van der Waals surface area contributed by atoms with E-state index in [0.29, 0.717) is 17.9 Å². The fourth-order valence-corrected chi connectivity index (χ4v) is 1.70. The molecule has 0 bridgehead atoms. The first-order chi connectivity index (χ1) is 6.63. The molecule has 0 spiro atoms. The van der Waals surface area contributed by atoms with Gasteiger partial charge in [0.15, 0.2) is 0 Å². The van der Waals surface area contributed by atoms with Crippen LogP contribution in [0.5, 0.6) is 0 Å². The summed E-state index contributed by atoms with van der Waals surface area (Å²) in [5.74, 6) is 0. The summed E-state index contributed by atoms with van der Waals surface area (Å²) in [7, 11) is 0. The molecule has 0 aromatic heterocycles. The highest BCUT2D eigenvalue weighted by molar-refractivity contribution is 6.30. The average molecular weight is 228 g/mol. The van der Waals surface area contributed by atoms with Gasteiger partial charge in [0.05, 0.1) is 17.9 Å². The highest BCUT2D eigenvalue weighted by atomic mass is 35.5. The van der Waals surface area contributed by atoms with Crippen molar-refractivity contribution in [3.63, 3.8) is 0 Å². The molecule has 0 saturated heterocycles. The molecule has 0 amide bonds. The molecule has 1 atom stereocenters. The van der Waals surface area contributed by atoms with Gasteiger partial charge in [-0.15, -0.1) is 11.6 Å². The Morgan fingerprint density at radius 3 is 2.86 bits per heavy atom. The number of benzene rings is 1. The van der Waals surface area contributed by atoms with Crippen molar-refractivity contribution in [2.75, 3.05) is 0 Å². The Hall–Kier alpha value is -0.710. The quantitative estimate of drug-likeness (QED) is 0.723. The highest BCUT2D eigenvalue weighted by Gasteiger charge is 2.07. The van der Waals surface area contributed by atoms with Crippen LogP contribution in [-0.2, 0) is 6.42 Å². The van der Waals surface area contributed by atoms with Crippen LogP contribution in [0.4, 0.5) is 0 Å². The van der Waals surface area contributed by atoms with E-state index in [9.17, 15) is 0 Å². The van der Waals surface area contributed by atoms with Gasteiger partial charge in [0.25, 0.3) is 0 Å². The molecular weight excluding hydrogens is 217 g/mol. The minimum absolute atomic E-state index is 0.128. The summed E-state index contributed by atoms with van der Waals surface area (Å²) in [4.78, 5) is 0. The minimum atomic E-state index is -0.128. The zero-order valence-electron chi connectivity index (χ0n) is 7.93. The van der Waals surface area contributed by atoms with Crippen molar-refractivity contribution in [3.8, 4) is 6.07 Å². The number of halogens is 2. The average Bonchev–Trinajstić information content (AvgIpc) is 2.12. The number of nitriles is 1. The van der Waals surface area contributed by atoms with Gasteiger partial charge in [-0.05, 0) is 36.6 Å². The van der Waals surface area contributed by atoms with Gasteiger partial charge in [0, 0.05) is 5.02 Å². The minimum Gasteiger partial charge on any atom is -0.198 e. The zero-order chi connectivity index (χ0) is 10.6. The van der Waals surface area contributed by atoms with Gasteiger partial charge in [-0.3, -0.25) is 0 Å². The third kappa shape index (κ3) is 3.21. The van der Waals surface area contributed by atoms with Gasteiger partial charge in [0.1, 0.15) is 0 Å². The van der Waals surface area contributed by atoms with E-state index in [2.05, 4.69) is 6.07 Å². The van der Waals surface area contributed by atoms with E-state index in [-0.39, 0.29) is 5.38 Å². The molecule has 0 N–H and O–H groups in total. The maximum atomic E-state index is 8.48. The van der Waals surface area contributed by atoms with Crippen molar-refractivity contribution in [1.82, 2.24) is 0 Å². The van der Waals surface area contributed by atoms with Crippen LogP contribution in [0.25, 0.3) is 0 Å². The SMILES string of the molecule is Cc1ccc(Cl)cc1CC(Cl)CC#N. The highest BCUT2D eigenvalue weighted by Crippen LogP contribution is 2.19. The predicted octanol–water partition coefficient (Wildman–Crippen LogP) is 3.71. The standard InChI is InChI=1S/C11H11Cl2N/c1-8-2-3-10(12)6-9(8)7-11(13)4-5-14/h2-3,6,11H,4,7H2,1H3. The van der Waals surface area contributed by atoms with Crippen LogP contribution < -0.4 is 0 Å². The first kappa shape index (κ1) is 11.4. The fourth-order valence-electron chi connectivity index (χ4n) is 1.27. The van der Waals surface area contributed by atoms with E-state index in [0.717, 1.165) is 11.1 Å². The van der Waals surface area contributed by atoms with Crippen molar-refractivity contribution in [2.24, 2.45) is 0 Å². The number of aryl methyl sites for hydroxylation is 1. The smallest absolute Gasteiger partial charge is 0.0637 e. The van der Waals surface area contributed by atoms with E-state index < -0.39 is 0 Å². The van der Waals surface area contributed by atoms with Gasteiger partial charge in [-0.1, -0.05) is 17.7 Å². The maximum absolute atomic E-state index is 8.48. The summed E-state index contributed by atoms with van der Waals surface area (Å²) in [5, 5.41) is 9.06. The lowest BCUT2D eigenvalue weighted by Crippen LogP contribution is -2.03. The third-order valence-electron chi connectivity index (χ3n) is 2.07. The number of rotatable bonds is 3. The second-order valence-electron chi connectivity index (χ2n) is 3.23. The Balaban J connectivity index is 2.76. The Morgan fingerprint density at radius 1 is 1.50 bits per heavy atom. The summed E-state index contributed by atoms with van der Waals surface area (Å²) < 4.78 is 0. The maximum Gasteiger partial charge on any atom is 0.0637 e. The van der Waals surface area contributed by atoms with Crippen molar-refractivity contribution in [1.29, 1.82) is 5.26 Å². The number of nitrogens with zero attached hydrogens (tertiary/aromatic N) is 1. The third-order valence-corrected chi connectivity index (χ3v) is 2.61. The summed E-state index contributed by atoms with van der Waals surface area (Å²) in [6, 6.07) is 7.78. The molecule has 0 fully saturated rings. The van der Waals surface area contributed by atoms with Crippen LogP contribution in [0.3, 0.4) is 0 Å². The first-order valence-corrected chi connectivity index (χ1v) is 5.21. The molecule has 0 saturated carbocycles. The van der Waals surface area contributed by atoms with Gasteiger partial charge in [-0.2, -0.15) is 5.26 Å². The van der Waals surface area contributed by atoms with Crippen molar-refractivity contribution in [2.45, 2.75) is 25.1 Å².